The molecule has 0 saturated heterocycles. The maximum Gasteiger partial charge on any atom is 2.00 e. The van der Waals surface area contributed by atoms with Crippen molar-refractivity contribution in [3.8, 4) is 0 Å². The molecule has 0 amide bonds. The van der Waals surface area contributed by atoms with Crippen LogP contribution >= 0.6 is 0 Å². The third-order valence-electron chi connectivity index (χ3n) is 2.43. The fraction of sp³-hybridized carbons (Fsp3) is 0.143. The molecule has 2 aliphatic carbocycles. The number of carbonyl (C=O) groups excluding carboxylic acids is 2. The number of hydrogen-bond donors (Lipinski definition) is 0. The molecule has 2 aliphatic rings. The first-order valence-corrected chi connectivity index (χ1v) is 5.70. The number of carbonyl (C=O) groups is 2. The van der Waals surface area contributed by atoms with Gasteiger partial charge in [0.25, 0.3) is 0 Å². The van der Waals surface area contributed by atoms with Gasteiger partial charge < -0.3 is 20.7 Å². The quantitative estimate of drug-likeness (QED) is 0.383. The van der Waals surface area contributed by atoms with E-state index < -0.39 is 0 Å². The monoisotopic (exact) mass is 335 g/mol. The van der Waals surface area contributed by atoms with Gasteiger partial charge in [0.2, 0.25) is 11.6 Å². The van der Waals surface area contributed by atoms with Gasteiger partial charge in [-0.3, -0.25) is 9.59 Å². The molecule has 0 aliphatic heterocycles. The van der Waals surface area contributed by atoms with Crippen LogP contribution in [0.5, 0.6) is 0 Å². The standard InChI is InChI=1S/2C7H7NO2.Cu/c2*1-5-2-3-7(9)6(4-5)8-10;/h2*2-4,10H,1H3;/q;;+2/p-2. The molecule has 6 nitrogen and oxygen atoms in total. The Kier molecular flexibility index (Phi) is 7.89. The van der Waals surface area contributed by atoms with Crippen molar-refractivity contribution in [3.05, 3.63) is 58.0 Å². The topological polar surface area (TPSA) is 105 Å². The van der Waals surface area contributed by atoms with Crippen LogP contribution in [0.3, 0.4) is 0 Å². The molecule has 0 aromatic rings. The number of ketones is 2. The van der Waals surface area contributed by atoms with Crippen molar-refractivity contribution in [1.29, 1.82) is 0 Å². The maximum atomic E-state index is 10.7. The van der Waals surface area contributed by atoms with Crippen molar-refractivity contribution in [1.82, 2.24) is 0 Å². The number of allylic oxidation sites excluding steroid dienone is 8. The molecule has 0 bridgehead atoms. The molecule has 0 fully saturated rings. The van der Waals surface area contributed by atoms with Crippen LogP contribution < -0.4 is 0 Å². The number of nitrogens with zero attached hydrogens (tertiary/aromatic N) is 2. The second kappa shape index (κ2) is 8.84. The van der Waals surface area contributed by atoms with Crippen molar-refractivity contribution in [2.45, 2.75) is 13.8 Å². The molecule has 2 rings (SSSR count). The van der Waals surface area contributed by atoms with Gasteiger partial charge in [0.1, 0.15) is 0 Å². The smallest absolute Gasteiger partial charge is 0.791 e. The maximum absolute atomic E-state index is 10.7. The molecule has 0 saturated carbocycles. The predicted octanol–water partition coefficient (Wildman–Crippen LogP) is 2.02. The first-order chi connectivity index (χ1) is 9.47. The molecule has 0 unspecified atom stereocenters. The molecule has 0 aromatic carbocycles. The summed E-state index contributed by atoms with van der Waals surface area (Å²) in [6, 6.07) is 0. The van der Waals surface area contributed by atoms with Crippen LogP contribution in [0.2, 0.25) is 0 Å². The molecule has 0 aromatic heterocycles. The van der Waals surface area contributed by atoms with E-state index >= 15 is 0 Å². The Morgan fingerprint density at radius 1 is 0.762 bits per heavy atom. The second-order valence-electron chi connectivity index (χ2n) is 4.12. The van der Waals surface area contributed by atoms with E-state index in [4.69, 9.17) is 0 Å². The van der Waals surface area contributed by atoms with Crippen molar-refractivity contribution in [2.24, 2.45) is 10.3 Å². The summed E-state index contributed by atoms with van der Waals surface area (Å²) in [5, 5.41) is 25.0. The summed E-state index contributed by atoms with van der Waals surface area (Å²) in [4.78, 5) is 21.4. The van der Waals surface area contributed by atoms with Crippen molar-refractivity contribution >= 4 is 23.0 Å². The normalized spacial score (nSPS) is 20.5. The minimum absolute atomic E-state index is 0. The van der Waals surface area contributed by atoms with E-state index in [2.05, 4.69) is 10.3 Å². The molecule has 1 radical (unpaired) electrons. The molecule has 0 atom stereocenters. The van der Waals surface area contributed by atoms with Gasteiger partial charge in [0, 0.05) is 0 Å². The van der Waals surface area contributed by atoms with Gasteiger partial charge in [-0.25, -0.2) is 0 Å². The van der Waals surface area contributed by atoms with Crippen LogP contribution in [0, 0.1) is 10.4 Å². The average Bonchev–Trinajstić information content (AvgIpc) is 2.44. The Labute approximate surface area is 132 Å². The molecule has 0 spiro atoms. The van der Waals surface area contributed by atoms with Crippen LogP contribution in [0.15, 0.2) is 57.9 Å². The first kappa shape index (κ1) is 18.8. The molecule has 21 heavy (non-hydrogen) atoms. The van der Waals surface area contributed by atoms with Crippen LogP contribution in [0.4, 0.5) is 0 Å². The predicted molar refractivity (Wildman–Crippen MR) is 77.4 cm³/mol. The fourth-order valence-corrected chi connectivity index (χ4v) is 1.40. The van der Waals surface area contributed by atoms with Crippen LogP contribution in [-0.4, -0.2) is 23.0 Å². The minimum atomic E-state index is -0.319. The van der Waals surface area contributed by atoms with Gasteiger partial charge in [0.15, 0.2) is 0 Å². The van der Waals surface area contributed by atoms with Gasteiger partial charge in [-0.2, -0.15) is 0 Å². The van der Waals surface area contributed by atoms with E-state index in [9.17, 15) is 20.0 Å². The molecular weight excluding hydrogens is 324 g/mol. The van der Waals surface area contributed by atoms with Crippen LogP contribution in [0.25, 0.3) is 0 Å². The molecule has 113 valence electrons. The average molecular weight is 336 g/mol. The summed E-state index contributed by atoms with van der Waals surface area (Å²) >= 11 is 0. The molecular formula is C14H12CuN2O4. The number of rotatable bonds is 0. The van der Waals surface area contributed by atoms with E-state index in [1.54, 1.807) is 26.0 Å². The fourth-order valence-electron chi connectivity index (χ4n) is 1.40. The van der Waals surface area contributed by atoms with E-state index in [-0.39, 0.29) is 40.1 Å². The van der Waals surface area contributed by atoms with Crippen LogP contribution in [-0.2, 0) is 26.7 Å². The van der Waals surface area contributed by atoms with Crippen molar-refractivity contribution in [3.63, 3.8) is 0 Å². The Morgan fingerprint density at radius 2 is 1.10 bits per heavy atom. The summed E-state index contributed by atoms with van der Waals surface area (Å²) < 4.78 is 0. The van der Waals surface area contributed by atoms with E-state index in [1.807, 2.05) is 0 Å². The Balaban J connectivity index is 0.000000364. The largest absolute Gasteiger partial charge is 2.00 e. The summed E-state index contributed by atoms with van der Waals surface area (Å²) in [7, 11) is 0. The Hall–Kier alpha value is -2.24. The second-order valence-corrected chi connectivity index (χ2v) is 4.12. The van der Waals surface area contributed by atoms with Gasteiger partial charge in [0.05, 0.1) is 11.4 Å². The van der Waals surface area contributed by atoms with Gasteiger partial charge in [-0.1, -0.05) is 12.2 Å². The minimum Gasteiger partial charge on any atom is -0.791 e. The SMILES string of the molecule is CC1=CC(=N[O-])C(=O)C=C1.CC1=CC(=N[O-])C(=O)C=C1.[Cu+2]. The van der Waals surface area contributed by atoms with E-state index in [1.165, 1.54) is 24.3 Å². The number of hydrogen-bond acceptors (Lipinski definition) is 6. The molecule has 7 heteroatoms. The summed E-state index contributed by atoms with van der Waals surface area (Å²) in [6.07, 6.45) is 8.91. The summed E-state index contributed by atoms with van der Waals surface area (Å²) in [5.41, 5.74) is 1.71. The zero-order valence-corrected chi connectivity index (χ0v) is 12.2. The summed E-state index contributed by atoms with van der Waals surface area (Å²) in [5.74, 6) is -0.638. The zero-order valence-electron chi connectivity index (χ0n) is 11.3. The Morgan fingerprint density at radius 3 is 1.33 bits per heavy atom. The van der Waals surface area contributed by atoms with E-state index in [0.29, 0.717) is 0 Å². The summed E-state index contributed by atoms with van der Waals surface area (Å²) in [6.45, 7) is 3.60. The third-order valence-corrected chi connectivity index (χ3v) is 2.43. The molecule has 0 N–H and O–H groups in total. The third kappa shape index (κ3) is 5.72. The van der Waals surface area contributed by atoms with E-state index in [0.717, 1.165) is 11.1 Å². The van der Waals surface area contributed by atoms with Gasteiger partial charge in [-0.15, -0.1) is 0 Å². The Bertz CT molecular complexity index is 556. The molecule has 0 heterocycles. The van der Waals surface area contributed by atoms with Crippen molar-refractivity contribution < 1.29 is 26.7 Å². The van der Waals surface area contributed by atoms with Gasteiger partial charge >= 0.3 is 17.1 Å². The van der Waals surface area contributed by atoms with Crippen LogP contribution in [0.1, 0.15) is 13.8 Å². The van der Waals surface area contributed by atoms with Crippen molar-refractivity contribution in [2.75, 3.05) is 0 Å². The first-order valence-electron chi connectivity index (χ1n) is 5.70. The van der Waals surface area contributed by atoms with Gasteiger partial charge in [-0.05, 0) is 49.3 Å². The zero-order chi connectivity index (χ0) is 15.1.